The summed E-state index contributed by atoms with van der Waals surface area (Å²) in [6.45, 7) is 0.489. The number of urea groups is 1. The molecular formula is C12H12N4O2. The van der Waals surface area contributed by atoms with Crippen molar-refractivity contribution in [3.63, 3.8) is 0 Å². The predicted molar refractivity (Wildman–Crippen MR) is 65.8 cm³/mol. The molecule has 0 unspecified atom stereocenters. The van der Waals surface area contributed by atoms with Gasteiger partial charge in [-0.25, -0.2) is 4.79 Å². The summed E-state index contributed by atoms with van der Waals surface area (Å²) in [6.07, 6.45) is -0.173. The van der Waals surface area contributed by atoms with Crippen molar-refractivity contribution in [2.45, 2.75) is 13.0 Å². The van der Waals surface area contributed by atoms with Gasteiger partial charge < -0.3 is 15.5 Å². The van der Waals surface area contributed by atoms with Crippen LogP contribution in [0.1, 0.15) is 12.0 Å². The minimum atomic E-state index is -0.342. The first-order chi connectivity index (χ1) is 8.60. The molecule has 0 saturated heterocycles. The molecule has 1 aromatic carbocycles. The zero-order valence-corrected chi connectivity index (χ0v) is 9.86. The van der Waals surface area contributed by atoms with E-state index in [0.717, 1.165) is 11.3 Å². The Balaban J connectivity index is 2.18. The van der Waals surface area contributed by atoms with Gasteiger partial charge in [0.25, 0.3) is 0 Å². The van der Waals surface area contributed by atoms with E-state index in [0.29, 0.717) is 12.2 Å². The van der Waals surface area contributed by atoms with Gasteiger partial charge in [-0.2, -0.15) is 5.26 Å². The SMILES string of the molecule is CN1Cc2cc(NC(=O)CC#N)ccc2NC1=O. The molecule has 6 nitrogen and oxygen atoms in total. The lowest BCUT2D eigenvalue weighted by atomic mass is 10.1. The van der Waals surface area contributed by atoms with Crippen LogP contribution in [0.4, 0.5) is 16.2 Å². The summed E-state index contributed by atoms with van der Waals surface area (Å²) in [5.41, 5.74) is 2.29. The van der Waals surface area contributed by atoms with Gasteiger partial charge in [-0.05, 0) is 23.8 Å². The number of amides is 3. The molecule has 92 valence electrons. The van der Waals surface area contributed by atoms with Crippen molar-refractivity contribution in [1.29, 1.82) is 5.26 Å². The number of fused-ring (bicyclic) bond motifs is 1. The minimum Gasteiger partial charge on any atom is -0.325 e. The molecule has 0 radical (unpaired) electrons. The molecule has 1 aliphatic rings. The molecule has 2 N–H and O–H groups in total. The fraction of sp³-hybridized carbons (Fsp3) is 0.250. The van der Waals surface area contributed by atoms with E-state index in [1.807, 2.05) is 0 Å². The minimum absolute atomic E-state index is 0.149. The van der Waals surface area contributed by atoms with Crippen molar-refractivity contribution in [2.24, 2.45) is 0 Å². The fourth-order valence-corrected chi connectivity index (χ4v) is 1.74. The van der Waals surface area contributed by atoms with Gasteiger partial charge in [0.2, 0.25) is 5.91 Å². The van der Waals surface area contributed by atoms with E-state index in [-0.39, 0.29) is 18.4 Å². The highest BCUT2D eigenvalue weighted by Gasteiger charge is 2.19. The molecule has 1 aromatic rings. The predicted octanol–water partition coefficient (Wildman–Crippen LogP) is 1.52. The number of hydrogen-bond donors (Lipinski definition) is 2. The summed E-state index contributed by atoms with van der Waals surface area (Å²) < 4.78 is 0. The fourth-order valence-electron chi connectivity index (χ4n) is 1.74. The van der Waals surface area contributed by atoms with Gasteiger partial charge in [-0.3, -0.25) is 4.79 Å². The van der Waals surface area contributed by atoms with Gasteiger partial charge in [-0.15, -0.1) is 0 Å². The number of rotatable bonds is 2. The van der Waals surface area contributed by atoms with Crippen molar-refractivity contribution in [3.8, 4) is 6.07 Å². The number of nitrogens with zero attached hydrogens (tertiary/aromatic N) is 2. The van der Waals surface area contributed by atoms with Crippen LogP contribution in [0.2, 0.25) is 0 Å². The van der Waals surface area contributed by atoms with Crippen molar-refractivity contribution < 1.29 is 9.59 Å². The molecule has 1 aliphatic heterocycles. The monoisotopic (exact) mass is 244 g/mol. The third kappa shape index (κ3) is 2.40. The molecule has 0 saturated carbocycles. The van der Waals surface area contributed by atoms with E-state index in [9.17, 15) is 9.59 Å². The van der Waals surface area contributed by atoms with Crippen LogP contribution in [0.25, 0.3) is 0 Å². The van der Waals surface area contributed by atoms with Crippen LogP contribution in [-0.4, -0.2) is 23.9 Å². The maximum Gasteiger partial charge on any atom is 0.321 e. The smallest absolute Gasteiger partial charge is 0.321 e. The van der Waals surface area contributed by atoms with Gasteiger partial charge in [0.15, 0.2) is 0 Å². The summed E-state index contributed by atoms with van der Waals surface area (Å²) in [6, 6.07) is 6.86. The largest absolute Gasteiger partial charge is 0.325 e. The number of carbonyl (C=O) groups excluding carboxylic acids is 2. The quantitative estimate of drug-likeness (QED) is 0.827. The van der Waals surface area contributed by atoms with E-state index in [1.165, 1.54) is 0 Å². The van der Waals surface area contributed by atoms with Crippen molar-refractivity contribution >= 4 is 23.3 Å². The molecule has 0 atom stereocenters. The number of anilines is 2. The number of carbonyl (C=O) groups is 2. The Bertz CT molecular complexity index is 547. The van der Waals surface area contributed by atoms with Gasteiger partial charge in [0.05, 0.1) is 6.07 Å². The number of nitrogens with one attached hydrogen (secondary N) is 2. The molecule has 0 aliphatic carbocycles. The first-order valence-corrected chi connectivity index (χ1v) is 5.42. The maximum atomic E-state index is 11.4. The Morgan fingerprint density at radius 1 is 1.61 bits per heavy atom. The Hall–Kier alpha value is -2.55. The van der Waals surface area contributed by atoms with Gasteiger partial charge in [0, 0.05) is 25.0 Å². The summed E-state index contributed by atoms with van der Waals surface area (Å²) in [5.74, 6) is -0.342. The summed E-state index contributed by atoms with van der Waals surface area (Å²) in [5, 5.41) is 13.8. The van der Waals surface area contributed by atoms with Crippen LogP contribution >= 0.6 is 0 Å². The molecule has 6 heteroatoms. The van der Waals surface area contributed by atoms with Gasteiger partial charge in [-0.1, -0.05) is 0 Å². The zero-order chi connectivity index (χ0) is 13.1. The second-order valence-electron chi connectivity index (χ2n) is 4.04. The zero-order valence-electron chi connectivity index (χ0n) is 9.86. The standard InChI is InChI=1S/C12H12N4O2/c1-16-7-8-6-9(14-11(17)4-5-13)2-3-10(8)15-12(16)18/h2-3,6H,4,7H2,1H3,(H,14,17)(H,15,18). The lowest BCUT2D eigenvalue weighted by molar-refractivity contribution is -0.115. The average Bonchev–Trinajstić information content (AvgIpc) is 2.31. The first kappa shape index (κ1) is 11.9. The lowest BCUT2D eigenvalue weighted by Gasteiger charge is -2.26. The van der Waals surface area contributed by atoms with E-state index in [2.05, 4.69) is 10.6 Å². The molecule has 0 fully saturated rings. The highest BCUT2D eigenvalue weighted by atomic mass is 16.2. The van der Waals surface area contributed by atoms with Crippen LogP contribution in [-0.2, 0) is 11.3 Å². The van der Waals surface area contributed by atoms with Crippen LogP contribution in [0.5, 0.6) is 0 Å². The molecule has 1 heterocycles. The molecule has 3 amide bonds. The topological polar surface area (TPSA) is 85.2 Å². The highest BCUT2D eigenvalue weighted by Crippen LogP contribution is 2.25. The number of hydrogen-bond acceptors (Lipinski definition) is 3. The van der Waals surface area contributed by atoms with E-state index < -0.39 is 0 Å². The van der Waals surface area contributed by atoms with Crippen LogP contribution in [0, 0.1) is 11.3 Å². The third-order valence-corrected chi connectivity index (χ3v) is 2.62. The molecule has 0 spiro atoms. The normalized spacial score (nSPS) is 13.3. The van der Waals surface area contributed by atoms with Crippen molar-refractivity contribution in [2.75, 3.05) is 17.7 Å². The van der Waals surface area contributed by atoms with E-state index >= 15 is 0 Å². The molecule has 0 bridgehead atoms. The van der Waals surface area contributed by atoms with Crippen molar-refractivity contribution in [3.05, 3.63) is 23.8 Å². The summed E-state index contributed by atoms with van der Waals surface area (Å²) >= 11 is 0. The number of benzene rings is 1. The van der Waals surface area contributed by atoms with Gasteiger partial charge >= 0.3 is 6.03 Å². The summed E-state index contributed by atoms with van der Waals surface area (Å²) in [7, 11) is 1.69. The van der Waals surface area contributed by atoms with Crippen LogP contribution in [0.3, 0.4) is 0 Å². The lowest BCUT2D eigenvalue weighted by Crippen LogP contribution is -2.35. The van der Waals surface area contributed by atoms with Crippen LogP contribution in [0.15, 0.2) is 18.2 Å². The average molecular weight is 244 g/mol. The van der Waals surface area contributed by atoms with Gasteiger partial charge in [0.1, 0.15) is 6.42 Å². The third-order valence-electron chi connectivity index (χ3n) is 2.62. The summed E-state index contributed by atoms with van der Waals surface area (Å²) in [4.78, 5) is 24.2. The van der Waals surface area contributed by atoms with Crippen molar-refractivity contribution in [1.82, 2.24) is 4.90 Å². The molecular weight excluding hydrogens is 232 g/mol. The molecule has 0 aromatic heterocycles. The second kappa shape index (κ2) is 4.75. The first-order valence-electron chi connectivity index (χ1n) is 5.42. The Morgan fingerprint density at radius 2 is 2.39 bits per heavy atom. The Kier molecular flexibility index (Phi) is 3.15. The highest BCUT2D eigenvalue weighted by molar-refractivity contribution is 5.95. The van der Waals surface area contributed by atoms with E-state index in [1.54, 1.807) is 36.2 Å². The maximum absolute atomic E-state index is 11.4. The Labute approximate surface area is 104 Å². The number of nitriles is 1. The molecule has 18 heavy (non-hydrogen) atoms. The Morgan fingerprint density at radius 3 is 3.11 bits per heavy atom. The van der Waals surface area contributed by atoms with Crippen LogP contribution < -0.4 is 10.6 Å². The van der Waals surface area contributed by atoms with E-state index in [4.69, 9.17) is 5.26 Å². The molecule has 2 rings (SSSR count). The second-order valence-corrected chi connectivity index (χ2v) is 4.04.